The van der Waals surface area contributed by atoms with Gasteiger partial charge in [0, 0.05) is 18.8 Å². The third-order valence-corrected chi connectivity index (χ3v) is 4.03. The maximum atomic E-state index is 5.97. The van der Waals surface area contributed by atoms with E-state index in [0.717, 1.165) is 16.8 Å². The van der Waals surface area contributed by atoms with Gasteiger partial charge in [0.05, 0.1) is 9.50 Å². The lowest BCUT2D eigenvalue weighted by Gasteiger charge is -2.24. The monoisotopic (exact) mass is 336 g/mol. The zero-order chi connectivity index (χ0) is 13.2. The molecule has 4 heteroatoms. The van der Waals surface area contributed by atoms with E-state index in [1.807, 2.05) is 12.1 Å². The summed E-state index contributed by atoms with van der Waals surface area (Å²) in [6.07, 6.45) is 4.19. The van der Waals surface area contributed by atoms with Crippen molar-refractivity contribution in [2.75, 3.05) is 4.90 Å². The van der Waals surface area contributed by atoms with Crippen LogP contribution in [0.25, 0.3) is 0 Å². The Kier molecular flexibility index (Phi) is 3.76. The summed E-state index contributed by atoms with van der Waals surface area (Å²) in [5, 5.41) is 0.658. The molecule has 2 nitrogen and oxygen atoms in total. The van der Waals surface area contributed by atoms with Gasteiger partial charge in [0.2, 0.25) is 0 Å². The molecule has 0 saturated heterocycles. The number of anilines is 1. The molecular formula is C15H14BrClN2. The van der Waals surface area contributed by atoms with E-state index >= 15 is 0 Å². The van der Waals surface area contributed by atoms with E-state index in [-0.39, 0.29) is 0 Å². The van der Waals surface area contributed by atoms with Crippen molar-refractivity contribution in [3.63, 3.8) is 0 Å². The second-order valence-corrected chi connectivity index (χ2v) is 6.09. The minimum absolute atomic E-state index is 0.602. The molecule has 0 atom stereocenters. The Labute approximate surface area is 126 Å². The van der Waals surface area contributed by atoms with Crippen molar-refractivity contribution in [2.45, 2.75) is 25.4 Å². The van der Waals surface area contributed by atoms with Gasteiger partial charge < -0.3 is 4.90 Å². The molecule has 1 saturated carbocycles. The van der Waals surface area contributed by atoms with Crippen LogP contribution in [0.5, 0.6) is 0 Å². The first-order valence-electron chi connectivity index (χ1n) is 6.35. The molecule has 1 heterocycles. The fourth-order valence-electron chi connectivity index (χ4n) is 2.16. The van der Waals surface area contributed by atoms with Crippen molar-refractivity contribution in [1.29, 1.82) is 0 Å². The number of aromatic nitrogens is 1. The van der Waals surface area contributed by atoms with Crippen molar-refractivity contribution in [3.05, 3.63) is 57.7 Å². The van der Waals surface area contributed by atoms with Crippen molar-refractivity contribution in [1.82, 2.24) is 4.98 Å². The van der Waals surface area contributed by atoms with Crippen LogP contribution >= 0.6 is 27.5 Å². The Morgan fingerprint density at radius 1 is 1.26 bits per heavy atom. The van der Waals surface area contributed by atoms with Crippen LogP contribution in [-0.2, 0) is 6.54 Å². The third-order valence-electron chi connectivity index (χ3n) is 3.24. The summed E-state index contributed by atoms with van der Waals surface area (Å²) in [5.41, 5.74) is 1.30. The number of halogens is 2. The molecule has 0 bridgehead atoms. The van der Waals surface area contributed by atoms with E-state index in [9.17, 15) is 0 Å². The maximum absolute atomic E-state index is 5.97. The first kappa shape index (κ1) is 12.9. The highest BCUT2D eigenvalue weighted by molar-refractivity contribution is 9.10. The first-order chi connectivity index (χ1) is 9.24. The lowest BCUT2D eigenvalue weighted by atomic mass is 10.2. The van der Waals surface area contributed by atoms with E-state index in [2.05, 4.69) is 50.1 Å². The van der Waals surface area contributed by atoms with E-state index in [4.69, 9.17) is 11.6 Å². The van der Waals surface area contributed by atoms with E-state index in [1.54, 1.807) is 6.20 Å². The Morgan fingerprint density at radius 2 is 2.00 bits per heavy atom. The van der Waals surface area contributed by atoms with E-state index in [1.165, 1.54) is 18.4 Å². The summed E-state index contributed by atoms with van der Waals surface area (Å²) in [6.45, 7) is 0.888. The van der Waals surface area contributed by atoms with Gasteiger partial charge in [0.15, 0.2) is 0 Å². The second kappa shape index (κ2) is 5.51. The number of hydrogen-bond donors (Lipinski definition) is 0. The zero-order valence-corrected chi connectivity index (χ0v) is 12.7. The minimum Gasteiger partial charge on any atom is -0.348 e. The van der Waals surface area contributed by atoms with Gasteiger partial charge in [-0.1, -0.05) is 41.9 Å². The summed E-state index contributed by atoms with van der Waals surface area (Å²) in [7, 11) is 0. The van der Waals surface area contributed by atoms with Gasteiger partial charge in [0.1, 0.15) is 5.82 Å². The largest absolute Gasteiger partial charge is 0.348 e. The van der Waals surface area contributed by atoms with Gasteiger partial charge in [-0.2, -0.15) is 0 Å². The van der Waals surface area contributed by atoms with Gasteiger partial charge in [0.25, 0.3) is 0 Å². The van der Waals surface area contributed by atoms with Gasteiger partial charge in [-0.05, 0) is 40.4 Å². The smallest absolute Gasteiger partial charge is 0.143 e. The predicted molar refractivity (Wildman–Crippen MR) is 82.6 cm³/mol. The average Bonchev–Trinajstić information content (AvgIpc) is 3.22. The van der Waals surface area contributed by atoms with Crippen LogP contribution in [0, 0.1) is 0 Å². The van der Waals surface area contributed by atoms with Crippen LogP contribution in [0.15, 0.2) is 47.1 Å². The van der Waals surface area contributed by atoms with Crippen LogP contribution in [0.3, 0.4) is 0 Å². The second-order valence-electron chi connectivity index (χ2n) is 4.80. The van der Waals surface area contributed by atoms with Crippen molar-refractivity contribution in [2.24, 2.45) is 0 Å². The number of hydrogen-bond acceptors (Lipinski definition) is 2. The van der Waals surface area contributed by atoms with Gasteiger partial charge in [-0.15, -0.1) is 0 Å². The molecule has 1 aromatic carbocycles. The molecule has 0 unspecified atom stereocenters. The Balaban J connectivity index is 1.89. The summed E-state index contributed by atoms with van der Waals surface area (Å²) in [5.74, 6) is 0.982. The molecule has 0 amide bonds. The Hall–Kier alpha value is -1.06. The van der Waals surface area contributed by atoms with Crippen LogP contribution in [-0.4, -0.2) is 11.0 Å². The van der Waals surface area contributed by atoms with E-state index in [0.29, 0.717) is 11.1 Å². The fourth-order valence-corrected chi connectivity index (χ4v) is 3.03. The van der Waals surface area contributed by atoms with Gasteiger partial charge in [-0.3, -0.25) is 0 Å². The molecule has 19 heavy (non-hydrogen) atoms. The first-order valence-corrected chi connectivity index (χ1v) is 7.53. The normalized spacial score (nSPS) is 14.4. The lowest BCUT2D eigenvalue weighted by molar-refractivity contribution is 0.776. The average molecular weight is 338 g/mol. The summed E-state index contributed by atoms with van der Waals surface area (Å²) in [6, 6.07) is 13.0. The molecule has 0 spiro atoms. The van der Waals surface area contributed by atoms with Crippen LogP contribution in [0.4, 0.5) is 5.82 Å². The quantitative estimate of drug-likeness (QED) is 0.806. The molecule has 1 aliphatic rings. The fraction of sp³-hybridized carbons (Fsp3) is 0.267. The molecular weight excluding hydrogens is 324 g/mol. The maximum Gasteiger partial charge on any atom is 0.143 e. The van der Waals surface area contributed by atoms with Crippen molar-refractivity contribution >= 4 is 33.3 Å². The number of pyridine rings is 1. The van der Waals surface area contributed by atoms with Crippen LogP contribution in [0.2, 0.25) is 5.02 Å². The summed E-state index contributed by atoms with van der Waals surface area (Å²) in [4.78, 5) is 6.84. The van der Waals surface area contributed by atoms with Crippen LogP contribution in [0.1, 0.15) is 18.4 Å². The van der Waals surface area contributed by atoms with Gasteiger partial charge in [-0.25, -0.2) is 4.98 Å². The molecule has 3 rings (SSSR count). The number of nitrogens with zero attached hydrogens (tertiary/aromatic N) is 2. The standard InChI is InChI=1S/C15H14BrClN2/c16-14-8-12(17)9-18-15(14)19(13-6-7-13)10-11-4-2-1-3-5-11/h1-5,8-9,13H,6-7,10H2. The summed E-state index contributed by atoms with van der Waals surface area (Å²) >= 11 is 9.53. The number of rotatable bonds is 4. The Morgan fingerprint density at radius 3 is 2.63 bits per heavy atom. The molecule has 0 N–H and O–H groups in total. The lowest BCUT2D eigenvalue weighted by Crippen LogP contribution is -2.26. The molecule has 0 aliphatic heterocycles. The predicted octanol–water partition coefficient (Wildman–Crippen LogP) is 4.67. The highest BCUT2D eigenvalue weighted by Crippen LogP contribution is 2.36. The molecule has 1 aromatic heterocycles. The highest BCUT2D eigenvalue weighted by atomic mass is 79.9. The van der Waals surface area contributed by atoms with Gasteiger partial charge >= 0.3 is 0 Å². The minimum atomic E-state index is 0.602. The molecule has 0 radical (unpaired) electrons. The Bertz CT molecular complexity index is 570. The molecule has 1 fully saturated rings. The number of benzene rings is 1. The van der Waals surface area contributed by atoms with E-state index < -0.39 is 0 Å². The SMILES string of the molecule is Clc1cnc(N(Cc2ccccc2)C2CC2)c(Br)c1. The van der Waals surface area contributed by atoms with Crippen molar-refractivity contribution < 1.29 is 0 Å². The molecule has 98 valence electrons. The molecule has 1 aliphatic carbocycles. The summed E-state index contributed by atoms with van der Waals surface area (Å²) < 4.78 is 0.961. The van der Waals surface area contributed by atoms with Crippen molar-refractivity contribution in [3.8, 4) is 0 Å². The topological polar surface area (TPSA) is 16.1 Å². The molecule has 2 aromatic rings. The third kappa shape index (κ3) is 3.10. The zero-order valence-electron chi connectivity index (χ0n) is 10.4. The highest BCUT2D eigenvalue weighted by Gasteiger charge is 2.31. The van der Waals surface area contributed by atoms with Crippen LogP contribution < -0.4 is 4.90 Å².